The first-order chi connectivity index (χ1) is 13.3. The van der Waals surface area contributed by atoms with Gasteiger partial charge in [-0.15, -0.1) is 0 Å². The molecule has 2 aromatic carbocycles. The number of ether oxygens (including phenoxy) is 1. The Balaban J connectivity index is 1.62. The summed E-state index contributed by atoms with van der Waals surface area (Å²) in [4.78, 5) is 19.5. The van der Waals surface area contributed by atoms with Crippen LogP contribution in [-0.4, -0.2) is 26.6 Å². The van der Waals surface area contributed by atoms with Crippen LogP contribution in [0.4, 0.5) is 0 Å². The number of rotatable bonds is 5. The third-order valence-electron chi connectivity index (χ3n) is 3.98. The second-order valence-corrected chi connectivity index (χ2v) is 7.58. The van der Waals surface area contributed by atoms with Gasteiger partial charge in [0.1, 0.15) is 17.2 Å². The molecule has 0 radical (unpaired) electrons. The van der Waals surface area contributed by atoms with Gasteiger partial charge in [0.25, 0.3) is 0 Å². The first kappa shape index (κ1) is 19.4. The maximum atomic E-state index is 11.7. The van der Waals surface area contributed by atoms with E-state index in [9.17, 15) is 9.90 Å². The average molecular weight is 376 g/mol. The number of carbonyl (C=O) groups is 1. The van der Waals surface area contributed by atoms with Crippen molar-refractivity contribution >= 4 is 12.0 Å². The van der Waals surface area contributed by atoms with Crippen LogP contribution in [0.2, 0.25) is 0 Å². The van der Waals surface area contributed by atoms with Gasteiger partial charge in [-0.25, -0.2) is 9.78 Å². The summed E-state index contributed by atoms with van der Waals surface area (Å²) in [6.45, 7) is 5.53. The Bertz CT molecular complexity index is 962. The van der Waals surface area contributed by atoms with Gasteiger partial charge >= 0.3 is 5.97 Å². The van der Waals surface area contributed by atoms with Gasteiger partial charge in [0.2, 0.25) is 0 Å². The monoisotopic (exact) mass is 376 g/mol. The van der Waals surface area contributed by atoms with Gasteiger partial charge in [0.05, 0.1) is 11.9 Å². The number of imidazole rings is 1. The van der Waals surface area contributed by atoms with Crippen LogP contribution in [-0.2, 0) is 16.0 Å². The summed E-state index contributed by atoms with van der Waals surface area (Å²) in [5.41, 5.74) is 3.43. The zero-order valence-electron chi connectivity index (χ0n) is 16.3. The van der Waals surface area contributed by atoms with Gasteiger partial charge in [0, 0.05) is 12.5 Å². The smallest absolute Gasteiger partial charge is 0.331 e. The molecule has 0 saturated carbocycles. The van der Waals surface area contributed by atoms with Gasteiger partial charge in [-0.05, 0) is 67.8 Å². The largest absolute Gasteiger partial charge is 0.508 e. The number of aromatic nitrogens is 2. The maximum absolute atomic E-state index is 11.7. The Morgan fingerprint density at radius 1 is 1.11 bits per heavy atom. The molecule has 3 rings (SSSR count). The van der Waals surface area contributed by atoms with Crippen LogP contribution in [0.25, 0.3) is 17.3 Å². The molecular weight excluding hydrogens is 352 g/mol. The van der Waals surface area contributed by atoms with Crippen LogP contribution in [0, 0.1) is 0 Å². The predicted molar refractivity (Wildman–Crippen MR) is 110 cm³/mol. The average Bonchev–Trinajstić information content (AvgIpc) is 3.09. The van der Waals surface area contributed by atoms with Crippen molar-refractivity contribution in [1.29, 1.82) is 0 Å². The Morgan fingerprint density at radius 3 is 2.43 bits per heavy atom. The number of carbonyl (C=O) groups excluding carboxylic acids is 1. The summed E-state index contributed by atoms with van der Waals surface area (Å²) >= 11 is 0. The topological polar surface area (TPSA) is 75.2 Å². The molecule has 0 fully saturated rings. The molecule has 0 unspecified atom stereocenters. The third kappa shape index (κ3) is 5.58. The number of hydrogen-bond acceptors (Lipinski definition) is 4. The van der Waals surface area contributed by atoms with Crippen LogP contribution in [0.5, 0.6) is 5.75 Å². The van der Waals surface area contributed by atoms with Crippen LogP contribution in [0.1, 0.15) is 37.7 Å². The second-order valence-electron chi connectivity index (χ2n) is 7.58. The van der Waals surface area contributed by atoms with E-state index < -0.39 is 5.60 Å². The number of aromatic amines is 1. The van der Waals surface area contributed by atoms with E-state index in [1.165, 1.54) is 6.08 Å². The number of nitrogens with one attached hydrogen (secondary N) is 1. The Labute approximate surface area is 164 Å². The van der Waals surface area contributed by atoms with E-state index >= 15 is 0 Å². The van der Waals surface area contributed by atoms with E-state index in [1.54, 1.807) is 24.4 Å². The van der Waals surface area contributed by atoms with Crippen LogP contribution in [0.15, 0.2) is 60.8 Å². The third-order valence-corrected chi connectivity index (χ3v) is 3.98. The van der Waals surface area contributed by atoms with Crippen molar-refractivity contribution in [3.63, 3.8) is 0 Å². The molecule has 0 aliphatic carbocycles. The molecule has 0 spiro atoms. The van der Waals surface area contributed by atoms with Crippen molar-refractivity contribution in [1.82, 2.24) is 9.97 Å². The van der Waals surface area contributed by atoms with Crippen molar-refractivity contribution in [2.75, 3.05) is 0 Å². The van der Waals surface area contributed by atoms with E-state index in [0.29, 0.717) is 6.42 Å². The van der Waals surface area contributed by atoms with Gasteiger partial charge in [-0.3, -0.25) is 0 Å². The highest BCUT2D eigenvalue weighted by atomic mass is 16.6. The Hall–Kier alpha value is -3.34. The number of benzene rings is 2. The molecule has 2 N–H and O–H groups in total. The molecule has 5 heteroatoms. The predicted octanol–water partition coefficient (Wildman–Crippen LogP) is 4.73. The van der Waals surface area contributed by atoms with Gasteiger partial charge < -0.3 is 14.8 Å². The van der Waals surface area contributed by atoms with Crippen molar-refractivity contribution < 1.29 is 14.6 Å². The molecule has 5 nitrogen and oxygen atoms in total. The minimum Gasteiger partial charge on any atom is -0.508 e. The quantitative estimate of drug-likeness (QED) is 0.499. The molecule has 1 heterocycles. The zero-order chi connectivity index (χ0) is 20.1. The number of aromatic hydroxyl groups is 1. The van der Waals surface area contributed by atoms with E-state index in [-0.39, 0.29) is 11.7 Å². The molecule has 28 heavy (non-hydrogen) atoms. The summed E-state index contributed by atoms with van der Waals surface area (Å²) in [5, 5.41) is 9.39. The van der Waals surface area contributed by atoms with Crippen molar-refractivity contribution in [3.8, 4) is 17.0 Å². The summed E-state index contributed by atoms with van der Waals surface area (Å²) < 4.78 is 5.26. The fourth-order valence-electron chi connectivity index (χ4n) is 2.68. The Kier molecular flexibility index (Phi) is 5.64. The molecule has 144 valence electrons. The fraction of sp³-hybridized carbons (Fsp3) is 0.217. The second kappa shape index (κ2) is 8.13. The highest BCUT2D eigenvalue weighted by Crippen LogP contribution is 2.21. The first-order valence-electron chi connectivity index (χ1n) is 9.12. The highest BCUT2D eigenvalue weighted by molar-refractivity contribution is 5.87. The standard InChI is InChI=1S/C23H24N2O3/c1-23(2,3)28-22(27)13-8-16-4-6-17(7-5-16)14-21-24-15-20(25-21)18-9-11-19(26)12-10-18/h4-13,15,26H,14H2,1-3H3,(H,24,25)/b13-8+. The summed E-state index contributed by atoms with van der Waals surface area (Å²) in [7, 11) is 0. The van der Waals surface area contributed by atoms with E-state index in [1.807, 2.05) is 57.2 Å². The minimum absolute atomic E-state index is 0.240. The number of H-pyrrole nitrogens is 1. The Morgan fingerprint density at radius 2 is 1.79 bits per heavy atom. The molecule has 0 aliphatic heterocycles. The van der Waals surface area contributed by atoms with Crippen LogP contribution >= 0.6 is 0 Å². The summed E-state index contributed by atoms with van der Waals surface area (Å²) in [6.07, 6.45) is 5.65. The lowest BCUT2D eigenvalue weighted by atomic mass is 10.1. The van der Waals surface area contributed by atoms with Crippen molar-refractivity contribution in [3.05, 3.63) is 77.8 Å². The molecule has 0 amide bonds. The SMILES string of the molecule is CC(C)(C)OC(=O)/C=C/c1ccc(Cc2ncc(-c3ccc(O)cc3)[nH]2)cc1. The minimum atomic E-state index is -0.493. The molecule has 0 atom stereocenters. The first-order valence-corrected chi connectivity index (χ1v) is 9.12. The molecule has 0 aliphatic rings. The molecule has 0 bridgehead atoms. The normalized spacial score (nSPS) is 11.7. The number of nitrogens with zero attached hydrogens (tertiary/aromatic N) is 1. The van der Waals surface area contributed by atoms with E-state index in [0.717, 1.165) is 28.2 Å². The van der Waals surface area contributed by atoms with E-state index in [4.69, 9.17) is 4.74 Å². The zero-order valence-corrected chi connectivity index (χ0v) is 16.3. The number of phenolic OH excluding ortho intramolecular Hbond substituents is 1. The molecule has 3 aromatic rings. The molecule has 1 aromatic heterocycles. The van der Waals surface area contributed by atoms with Crippen molar-refractivity contribution in [2.45, 2.75) is 32.8 Å². The highest BCUT2D eigenvalue weighted by Gasteiger charge is 2.13. The molecular formula is C23H24N2O3. The number of esters is 1. The van der Waals surface area contributed by atoms with Gasteiger partial charge in [0.15, 0.2) is 0 Å². The van der Waals surface area contributed by atoms with Gasteiger partial charge in [-0.2, -0.15) is 0 Å². The lowest BCUT2D eigenvalue weighted by Crippen LogP contribution is -2.22. The van der Waals surface area contributed by atoms with Crippen LogP contribution < -0.4 is 0 Å². The summed E-state index contributed by atoms with van der Waals surface area (Å²) in [5.74, 6) is 0.748. The maximum Gasteiger partial charge on any atom is 0.331 e. The van der Waals surface area contributed by atoms with Gasteiger partial charge in [-0.1, -0.05) is 24.3 Å². The van der Waals surface area contributed by atoms with E-state index in [2.05, 4.69) is 9.97 Å². The number of phenols is 1. The van der Waals surface area contributed by atoms with Crippen LogP contribution in [0.3, 0.4) is 0 Å². The lowest BCUT2D eigenvalue weighted by Gasteiger charge is -2.17. The number of hydrogen-bond donors (Lipinski definition) is 2. The summed E-state index contributed by atoms with van der Waals surface area (Å²) in [6, 6.07) is 14.9. The fourth-order valence-corrected chi connectivity index (χ4v) is 2.68. The molecule has 0 saturated heterocycles. The lowest BCUT2D eigenvalue weighted by molar-refractivity contribution is -0.148. The van der Waals surface area contributed by atoms with Crippen molar-refractivity contribution in [2.24, 2.45) is 0 Å².